The zero-order valence-corrected chi connectivity index (χ0v) is 12.7. The van der Waals surface area contributed by atoms with Crippen molar-refractivity contribution in [3.63, 3.8) is 0 Å². The first-order chi connectivity index (χ1) is 10.2. The molecule has 3 nitrogen and oxygen atoms in total. The maximum Gasteiger partial charge on any atom is 0.226 e. The Hall–Kier alpha value is -1.91. The van der Waals surface area contributed by atoms with Crippen molar-refractivity contribution in [3.05, 3.63) is 65.5 Å². The number of aromatic nitrogens is 1. The van der Waals surface area contributed by atoms with Crippen LogP contribution in [0.3, 0.4) is 0 Å². The number of nitrogen functional groups attached to an aromatic ring is 1. The Balaban J connectivity index is 1.70. The summed E-state index contributed by atoms with van der Waals surface area (Å²) in [6.07, 6.45) is 1.68. The van der Waals surface area contributed by atoms with Crippen molar-refractivity contribution >= 4 is 29.1 Å². The van der Waals surface area contributed by atoms with Crippen LogP contribution in [-0.2, 0) is 5.75 Å². The number of nitrogens with two attached hydrogens (primary N) is 1. The molecule has 0 aliphatic rings. The summed E-state index contributed by atoms with van der Waals surface area (Å²) in [6, 6.07) is 15.3. The van der Waals surface area contributed by atoms with Crippen LogP contribution in [-0.4, -0.2) is 4.98 Å². The van der Waals surface area contributed by atoms with E-state index in [-0.39, 0.29) is 0 Å². The molecule has 0 fully saturated rings. The van der Waals surface area contributed by atoms with Gasteiger partial charge in [-0.1, -0.05) is 29.8 Å². The first-order valence-corrected chi connectivity index (χ1v) is 7.76. The Bertz CT molecular complexity index is 743. The van der Waals surface area contributed by atoms with Gasteiger partial charge >= 0.3 is 0 Å². The molecule has 3 rings (SSSR count). The molecular weight excluding hydrogens is 304 g/mol. The van der Waals surface area contributed by atoms with E-state index in [0.29, 0.717) is 22.4 Å². The van der Waals surface area contributed by atoms with Gasteiger partial charge < -0.3 is 10.2 Å². The second kappa shape index (κ2) is 6.24. The molecular formula is C16H13ClN2OS. The monoisotopic (exact) mass is 316 g/mol. The van der Waals surface area contributed by atoms with Gasteiger partial charge in [-0.3, -0.25) is 0 Å². The summed E-state index contributed by atoms with van der Waals surface area (Å²) < 4.78 is 5.51. The molecule has 2 N–H and O–H groups in total. The van der Waals surface area contributed by atoms with E-state index in [1.54, 1.807) is 24.1 Å². The number of halogens is 1. The van der Waals surface area contributed by atoms with Gasteiger partial charge in [0.15, 0.2) is 0 Å². The lowest BCUT2D eigenvalue weighted by atomic mass is 10.2. The molecule has 0 aliphatic carbocycles. The third-order valence-electron chi connectivity index (χ3n) is 2.90. The van der Waals surface area contributed by atoms with E-state index < -0.39 is 0 Å². The van der Waals surface area contributed by atoms with Gasteiger partial charge in [0.2, 0.25) is 5.89 Å². The van der Waals surface area contributed by atoms with Crippen LogP contribution < -0.4 is 5.73 Å². The van der Waals surface area contributed by atoms with Crippen LogP contribution in [0.1, 0.15) is 5.69 Å². The van der Waals surface area contributed by atoms with Crippen molar-refractivity contribution in [3.8, 4) is 11.5 Å². The molecule has 1 heterocycles. The van der Waals surface area contributed by atoms with Crippen molar-refractivity contribution in [1.82, 2.24) is 4.98 Å². The van der Waals surface area contributed by atoms with Crippen molar-refractivity contribution in [2.45, 2.75) is 10.6 Å². The average molecular weight is 317 g/mol. The van der Waals surface area contributed by atoms with Crippen LogP contribution in [0.25, 0.3) is 11.5 Å². The van der Waals surface area contributed by atoms with Crippen molar-refractivity contribution in [1.29, 1.82) is 0 Å². The van der Waals surface area contributed by atoms with Gasteiger partial charge in [-0.2, -0.15) is 0 Å². The van der Waals surface area contributed by atoms with Crippen LogP contribution in [0, 0.1) is 0 Å². The average Bonchev–Trinajstić information content (AvgIpc) is 2.96. The highest BCUT2D eigenvalue weighted by Gasteiger charge is 2.08. The van der Waals surface area contributed by atoms with E-state index in [0.717, 1.165) is 16.2 Å². The highest BCUT2D eigenvalue weighted by Crippen LogP contribution is 2.31. The fourth-order valence-electron chi connectivity index (χ4n) is 1.87. The summed E-state index contributed by atoms with van der Waals surface area (Å²) in [4.78, 5) is 5.47. The maximum atomic E-state index is 6.15. The Labute approximate surface area is 132 Å². The second-order valence-corrected chi connectivity index (χ2v) is 5.91. The summed E-state index contributed by atoms with van der Waals surface area (Å²) in [6.45, 7) is 0. The van der Waals surface area contributed by atoms with Crippen LogP contribution in [0.4, 0.5) is 5.69 Å². The fraction of sp³-hybridized carbons (Fsp3) is 0.0625. The first-order valence-electron chi connectivity index (χ1n) is 6.40. The SMILES string of the molecule is Nc1ccc(SCc2coc(-c3ccccc3)n2)c(Cl)c1. The highest BCUT2D eigenvalue weighted by molar-refractivity contribution is 7.98. The zero-order chi connectivity index (χ0) is 14.7. The molecule has 0 spiro atoms. The molecule has 106 valence electrons. The standard InChI is InChI=1S/C16H13ClN2OS/c17-14-8-12(18)6-7-15(14)21-10-13-9-20-16(19-13)11-4-2-1-3-5-11/h1-9H,10,18H2. The van der Waals surface area contributed by atoms with Gasteiger partial charge in [0, 0.05) is 21.9 Å². The molecule has 1 aromatic heterocycles. The molecule has 0 bridgehead atoms. The van der Waals surface area contributed by atoms with Crippen LogP contribution in [0.5, 0.6) is 0 Å². The molecule has 0 unspecified atom stereocenters. The molecule has 0 aliphatic heterocycles. The Morgan fingerprint density at radius 2 is 1.95 bits per heavy atom. The van der Waals surface area contributed by atoms with Crippen LogP contribution in [0.15, 0.2) is 64.1 Å². The normalized spacial score (nSPS) is 10.7. The van der Waals surface area contributed by atoms with Crippen molar-refractivity contribution in [2.75, 3.05) is 5.73 Å². The summed E-state index contributed by atoms with van der Waals surface area (Å²) in [5.74, 6) is 1.33. The lowest BCUT2D eigenvalue weighted by Gasteiger charge is -2.03. The van der Waals surface area contributed by atoms with Gasteiger partial charge in [0.25, 0.3) is 0 Å². The van der Waals surface area contributed by atoms with Gasteiger partial charge in [0.1, 0.15) is 6.26 Å². The minimum atomic E-state index is 0.634. The number of hydrogen-bond donors (Lipinski definition) is 1. The van der Waals surface area contributed by atoms with E-state index in [4.69, 9.17) is 21.8 Å². The number of benzene rings is 2. The number of nitrogens with zero attached hydrogens (tertiary/aromatic N) is 1. The molecule has 2 aromatic carbocycles. The van der Waals surface area contributed by atoms with Gasteiger partial charge in [-0.25, -0.2) is 4.98 Å². The highest BCUT2D eigenvalue weighted by atomic mass is 35.5. The Kier molecular flexibility index (Phi) is 4.18. The molecule has 5 heteroatoms. The molecule has 3 aromatic rings. The minimum absolute atomic E-state index is 0.634. The van der Waals surface area contributed by atoms with E-state index in [1.807, 2.05) is 42.5 Å². The van der Waals surface area contributed by atoms with Gasteiger partial charge in [-0.15, -0.1) is 11.8 Å². The molecule has 0 saturated carbocycles. The number of hydrogen-bond acceptors (Lipinski definition) is 4. The smallest absolute Gasteiger partial charge is 0.226 e. The molecule has 0 atom stereocenters. The van der Waals surface area contributed by atoms with Crippen LogP contribution >= 0.6 is 23.4 Å². The van der Waals surface area contributed by atoms with Crippen molar-refractivity contribution < 1.29 is 4.42 Å². The summed E-state index contributed by atoms with van der Waals surface area (Å²) >= 11 is 7.76. The molecule has 21 heavy (non-hydrogen) atoms. The predicted molar refractivity (Wildman–Crippen MR) is 87.4 cm³/mol. The minimum Gasteiger partial charge on any atom is -0.444 e. The number of oxazole rings is 1. The largest absolute Gasteiger partial charge is 0.444 e. The number of thioether (sulfide) groups is 1. The molecule has 0 radical (unpaired) electrons. The van der Waals surface area contributed by atoms with Gasteiger partial charge in [-0.05, 0) is 30.3 Å². The fourth-order valence-corrected chi connectivity index (χ4v) is 3.02. The topological polar surface area (TPSA) is 52.0 Å². The van der Waals surface area contributed by atoms with E-state index in [2.05, 4.69) is 4.98 Å². The lowest BCUT2D eigenvalue weighted by molar-refractivity contribution is 0.573. The third-order valence-corrected chi connectivity index (χ3v) is 4.44. The molecule has 0 saturated heterocycles. The summed E-state index contributed by atoms with van der Waals surface area (Å²) in [5, 5.41) is 0.659. The summed E-state index contributed by atoms with van der Waals surface area (Å²) in [5.41, 5.74) is 8.20. The van der Waals surface area contributed by atoms with E-state index in [1.165, 1.54) is 0 Å². The van der Waals surface area contributed by atoms with Crippen LogP contribution in [0.2, 0.25) is 5.02 Å². The van der Waals surface area contributed by atoms with E-state index in [9.17, 15) is 0 Å². The molecule has 0 amide bonds. The third kappa shape index (κ3) is 3.40. The van der Waals surface area contributed by atoms with Gasteiger partial charge in [0.05, 0.1) is 10.7 Å². The van der Waals surface area contributed by atoms with Crippen molar-refractivity contribution in [2.24, 2.45) is 0 Å². The summed E-state index contributed by atoms with van der Waals surface area (Å²) in [7, 11) is 0. The maximum absolute atomic E-state index is 6.15. The Morgan fingerprint density at radius 3 is 2.71 bits per heavy atom. The number of anilines is 1. The predicted octanol–water partition coefficient (Wildman–Crippen LogP) is 4.87. The quantitative estimate of drug-likeness (QED) is 0.551. The Morgan fingerprint density at radius 1 is 1.14 bits per heavy atom. The first kappa shape index (κ1) is 14.0. The zero-order valence-electron chi connectivity index (χ0n) is 11.1. The number of rotatable bonds is 4. The second-order valence-electron chi connectivity index (χ2n) is 4.49. The lowest BCUT2D eigenvalue weighted by Crippen LogP contribution is -1.86. The van der Waals surface area contributed by atoms with E-state index >= 15 is 0 Å².